The first-order valence-electron chi connectivity index (χ1n) is 8.16. The minimum absolute atomic E-state index is 0.00400. The molecule has 0 aromatic heterocycles. The molecule has 0 radical (unpaired) electrons. The summed E-state index contributed by atoms with van der Waals surface area (Å²) in [5, 5.41) is 3.41. The number of piperidine rings is 1. The maximum absolute atomic E-state index is 12.3. The molecule has 5 nitrogen and oxygen atoms in total. The van der Waals surface area contributed by atoms with Crippen molar-refractivity contribution in [2.24, 2.45) is 5.92 Å². The van der Waals surface area contributed by atoms with Gasteiger partial charge in [0, 0.05) is 18.6 Å². The van der Waals surface area contributed by atoms with Crippen LogP contribution in [0.15, 0.2) is 0 Å². The molecule has 2 atom stereocenters. The molecule has 0 spiro atoms. The Morgan fingerprint density at radius 3 is 2.52 bits per heavy atom. The summed E-state index contributed by atoms with van der Waals surface area (Å²) >= 11 is 0. The van der Waals surface area contributed by atoms with Gasteiger partial charge in [-0.2, -0.15) is 0 Å². The van der Waals surface area contributed by atoms with Gasteiger partial charge in [-0.3, -0.25) is 0 Å². The van der Waals surface area contributed by atoms with Gasteiger partial charge in [-0.05, 0) is 52.2 Å². The smallest absolute Gasteiger partial charge is 0.211 e. The Labute approximate surface area is 130 Å². The van der Waals surface area contributed by atoms with Crippen molar-refractivity contribution >= 4 is 10.0 Å². The SMILES string of the molecule is CC(C)CC(CN(C)C)NS(=O)(=O)CCC1CCCCN1. The zero-order valence-corrected chi connectivity index (χ0v) is 14.9. The van der Waals surface area contributed by atoms with Crippen LogP contribution < -0.4 is 10.0 Å². The van der Waals surface area contributed by atoms with E-state index >= 15 is 0 Å². The Morgan fingerprint density at radius 2 is 2.00 bits per heavy atom. The Balaban J connectivity index is 2.46. The van der Waals surface area contributed by atoms with Gasteiger partial charge in [0.2, 0.25) is 10.0 Å². The predicted octanol–water partition coefficient (Wildman–Crippen LogP) is 1.41. The van der Waals surface area contributed by atoms with Crippen molar-refractivity contribution in [3.63, 3.8) is 0 Å². The summed E-state index contributed by atoms with van der Waals surface area (Å²) in [6.07, 6.45) is 5.11. The fourth-order valence-corrected chi connectivity index (χ4v) is 4.34. The third-order valence-corrected chi connectivity index (χ3v) is 5.30. The number of hydrogen-bond donors (Lipinski definition) is 2. The average molecular weight is 320 g/mol. The van der Waals surface area contributed by atoms with E-state index in [0.717, 1.165) is 25.9 Å². The maximum Gasteiger partial charge on any atom is 0.211 e. The maximum atomic E-state index is 12.3. The molecule has 2 N–H and O–H groups in total. The molecule has 1 saturated heterocycles. The second kappa shape index (κ2) is 9.08. The summed E-state index contributed by atoms with van der Waals surface area (Å²) in [5.74, 6) is 0.713. The van der Waals surface area contributed by atoms with E-state index in [1.165, 1.54) is 12.8 Å². The first-order chi connectivity index (χ1) is 9.78. The van der Waals surface area contributed by atoms with Crippen molar-refractivity contribution < 1.29 is 8.42 Å². The van der Waals surface area contributed by atoms with Gasteiger partial charge in [0.05, 0.1) is 5.75 Å². The number of nitrogens with one attached hydrogen (secondary N) is 2. The molecule has 0 bridgehead atoms. The molecule has 1 heterocycles. The normalized spacial score (nSPS) is 21.9. The molecule has 1 aliphatic rings. The number of hydrogen-bond acceptors (Lipinski definition) is 4. The first-order valence-corrected chi connectivity index (χ1v) is 9.82. The fraction of sp³-hybridized carbons (Fsp3) is 1.00. The highest BCUT2D eigenvalue weighted by molar-refractivity contribution is 7.89. The van der Waals surface area contributed by atoms with Crippen molar-refractivity contribution in [1.29, 1.82) is 0 Å². The second-order valence-electron chi connectivity index (χ2n) is 6.96. The molecule has 126 valence electrons. The van der Waals surface area contributed by atoms with Crippen LogP contribution in [0.2, 0.25) is 0 Å². The van der Waals surface area contributed by atoms with E-state index in [4.69, 9.17) is 0 Å². The average Bonchev–Trinajstić information content (AvgIpc) is 2.35. The predicted molar refractivity (Wildman–Crippen MR) is 89.0 cm³/mol. The number of likely N-dealkylation sites (N-methyl/N-ethyl adjacent to an activating group) is 1. The van der Waals surface area contributed by atoms with E-state index in [1.54, 1.807) is 0 Å². The van der Waals surface area contributed by atoms with Crippen LogP contribution in [0.1, 0.15) is 46.0 Å². The van der Waals surface area contributed by atoms with Crippen LogP contribution in [-0.4, -0.2) is 58.3 Å². The van der Waals surface area contributed by atoms with Gasteiger partial charge in [-0.1, -0.05) is 20.3 Å². The van der Waals surface area contributed by atoms with E-state index in [-0.39, 0.29) is 11.8 Å². The van der Waals surface area contributed by atoms with Crippen molar-refractivity contribution in [3.8, 4) is 0 Å². The quantitative estimate of drug-likeness (QED) is 0.675. The first kappa shape index (κ1) is 18.9. The lowest BCUT2D eigenvalue weighted by molar-refractivity contribution is 0.328. The Hall–Kier alpha value is -0.170. The third-order valence-electron chi connectivity index (χ3n) is 3.84. The van der Waals surface area contributed by atoms with Crippen molar-refractivity contribution in [2.75, 3.05) is 32.9 Å². The molecule has 0 saturated carbocycles. The lowest BCUT2D eigenvalue weighted by Gasteiger charge is -2.26. The minimum atomic E-state index is -3.19. The molecular formula is C15H33N3O2S. The highest BCUT2D eigenvalue weighted by Gasteiger charge is 2.21. The summed E-state index contributed by atoms with van der Waals surface area (Å²) in [4.78, 5) is 2.04. The van der Waals surface area contributed by atoms with Gasteiger partial charge < -0.3 is 10.2 Å². The van der Waals surface area contributed by atoms with Crippen LogP contribution in [-0.2, 0) is 10.0 Å². The molecule has 6 heteroatoms. The fourth-order valence-electron chi connectivity index (χ4n) is 2.95. The third kappa shape index (κ3) is 8.76. The number of sulfonamides is 1. The highest BCUT2D eigenvalue weighted by Crippen LogP contribution is 2.12. The lowest BCUT2D eigenvalue weighted by atomic mass is 10.0. The van der Waals surface area contributed by atoms with Gasteiger partial charge in [0.1, 0.15) is 0 Å². The van der Waals surface area contributed by atoms with Crippen LogP contribution in [0.3, 0.4) is 0 Å². The highest BCUT2D eigenvalue weighted by atomic mass is 32.2. The Kier molecular flexibility index (Phi) is 8.16. The van der Waals surface area contributed by atoms with Gasteiger partial charge in [0.15, 0.2) is 0 Å². The molecule has 1 rings (SSSR count). The molecule has 0 aliphatic carbocycles. The van der Waals surface area contributed by atoms with Gasteiger partial charge in [0.25, 0.3) is 0 Å². The van der Waals surface area contributed by atoms with Crippen molar-refractivity contribution in [3.05, 3.63) is 0 Å². The minimum Gasteiger partial charge on any atom is -0.314 e. The van der Waals surface area contributed by atoms with E-state index in [1.807, 2.05) is 19.0 Å². The largest absolute Gasteiger partial charge is 0.314 e. The van der Waals surface area contributed by atoms with E-state index in [0.29, 0.717) is 18.4 Å². The summed E-state index contributed by atoms with van der Waals surface area (Å²) in [7, 11) is 0.771. The molecular weight excluding hydrogens is 286 g/mol. The Bertz CT molecular complexity index is 366. The van der Waals surface area contributed by atoms with E-state index < -0.39 is 10.0 Å². The summed E-state index contributed by atoms with van der Waals surface area (Å²) < 4.78 is 27.5. The monoisotopic (exact) mass is 319 g/mol. The van der Waals surface area contributed by atoms with Gasteiger partial charge in [-0.15, -0.1) is 0 Å². The van der Waals surface area contributed by atoms with Crippen LogP contribution in [0, 0.1) is 5.92 Å². The molecule has 2 unspecified atom stereocenters. The summed E-state index contributed by atoms with van der Waals surface area (Å²) in [6.45, 7) is 6.03. The zero-order chi connectivity index (χ0) is 15.9. The van der Waals surface area contributed by atoms with Gasteiger partial charge in [-0.25, -0.2) is 13.1 Å². The van der Waals surface area contributed by atoms with Crippen molar-refractivity contribution in [1.82, 2.24) is 14.9 Å². The van der Waals surface area contributed by atoms with Crippen LogP contribution in [0.5, 0.6) is 0 Å². The number of rotatable bonds is 9. The molecule has 1 aliphatic heterocycles. The lowest BCUT2D eigenvalue weighted by Crippen LogP contribution is -2.44. The topological polar surface area (TPSA) is 61.4 Å². The standard InChI is InChI=1S/C15H33N3O2S/c1-13(2)11-15(12-18(3)4)17-21(19,20)10-8-14-7-5-6-9-16-14/h13-17H,5-12H2,1-4H3. The second-order valence-corrected chi connectivity index (χ2v) is 8.83. The van der Waals surface area contributed by atoms with Crippen LogP contribution in [0.25, 0.3) is 0 Å². The molecule has 0 aromatic carbocycles. The summed E-state index contributed by atoms with van der Waals surface area (Å²) in [6, 6.07) is 0.372. The molecule has 21 heavy (non-hydrogen) atoms. The summed E-state index contributed by atoms with van der Waals surface area (Å²) in [5.41, 5.74) is 0. The number of nitrogens with zero attached hydrogens (tertiary/aromatic N) is 1. The van der Waals surface area contributed by atoms with Crippen LogP contribution in [0.4, 0.5) is 0 Å². The van der Waals surface area contributed by atoms with Crippen LogP contribution >= 0.6 is 0 Å². The van der Waals surface area contributed by atoms with E-state index in [2.05, 4.69) is 23.9 Å². The Morgan fingerprint density at radius 1 is 1.29 bits per heavy atom. The molecule has 0 amide bonds. The molecule has 0 aromatic rings. The zero-order valence-electron chi connectivity index (χ0n) is 14.1. The van der Waals surface area contributed by atoms with Gasteiger partial charge >= 0.3 is 0 Å². The van der Waals surface area contributed by atoms with Crippen molar-refractivity contribution in [2.45, 2.75) is 58.0 Å². The van der Waals surface area contributed by atoms with E-state index in [9.17, 15) is 8.42 Å². The molecule has 1 fully saturated rings.